The molecular formula is C29H35FN2O4. The third kappa shape index (κ3) is 3.21. The summed E-state index contributed by atoms with van der Waals surface area (Å²) in [5.74, 6) is -0.452. The van der Waals surface area contributed by atoms with Gasteiger partial charge in [-0.05, 0) is 104 Å². The highest BCUT2D eigenvalue weighted by Gasteiger charge is 2.63. The van der Waals surface area contributed by atoms with Crippen LogP contribution < -0.4 is 0 Å². The van der Waals surface area contributed by atoms with Crippen LogP contribution in [-0.4, -0.2) is 32.2 Å². The first kappa shape index (κ1) is 23.9. The summed E-state index contributed by atoms with van der Waals surface area (Å²) < 4.78 is 15.5. The first-order chi connectivity index (χ1) is 17.2. The van der Waals surface area contributed by atoms with Crippen LogP contribution in [0, 0.1) is 40.3 Å². The molecule has 192 valence electrons. The van der Waals surface area contributed by atoms with Crippen molar-refractivity contribution in [3.05, 3.63) is 52.6 Å². The smallest absolute Gasteiger partial charge is 0.345 e. The normalized spacial score (nSPS) is 36.8. The second-order valence-corrected chi connectivity index (χ2v) is 12.0. The molecule has 0 unspecified atom stereocenters. The summed E-state index contributed by atoms with van der Waals surface area (Å²) in [4.78, 5) is 16.6. The number of benzene rings is 1. The van der Waals surface area contributed by atoms with Crippen molar-refractivity contribution in [3.63, 3.8) is 0 Å². The Labute approximate surface area is 211 Å². The van der Waals surface area contributed by atoms with Crippen molar-refractivity contribution in [1.82, 2.24) is 9.78 Å². The van der Waals surface area contributed by atoms with Crippen molar-refractivity contribution in [1.29, 1.82) is 0 Å². The molecule has 0 radical (unpaired) electrons. The van der Waals surface area contributed by atoms with Gasteiger partial charge in [0.1, 0.15) is 5.82 Å². The first-order valence-electron chi connectivity index (χ1n) is 13.3. The Balaban J connectivity index is 1.40. The van der Waals surface area contributed by atoms with E-state index in [9.17, 15) is 14.3 Å². The lowest BCUT2D eigenvalue weighted by atomic mass is 9.46. The second-order valence-electron chi connectivity index (χ2n) is 12.0. The Hall–Kier alpha value is -2.51. The Kier molecular flexibility index (Phi) is 5.47. The maximum Gasteiger partial charge on any atom is 0.345 e. The minimum atomic E-state index is -0.559. The van der Waals surface area contributed by atoms with E-state index in [4.69, 9.17) is 10.4 Å². The largest absolute Gasteiger partial charge is 0.393 e. The van der Waals surface area contributed by atoms with Crippen molar-refractivity contribution < 1.29 is 24.4 Å². The van der Waals surface area contributed by atoms with Gasteiger partial charge in [-0.25, -0.2) is 13.9 Å². The van der Waals surface area contributed by atoms with Crippen LogP contribution >= 0.6 is 0 Å². The molecule has 6 rings (SSSR count). The predicted molar refractivity (Wildman–Crippen MR) is 133 cm³/mol. The van der Waals surface area contributed by atoms with Gasteiger partial charge in [-0.3, -0.25) is 0 Å². The number of aryl methyl sites for hydroxylation is 1. The van der Waals surface area contributed by atoms with Gasteiger partial charge in [0.15, 0.2) is 0 Å². The van der Waals surface area contributed by atoms with Crippen LogP contribution in [0.4, 0.5) is 4.39 Å². The van der Waals surface area contributed by atoms with E-state index in [0.717, 1.165) is 49.2 Å². The monoisotopic (exact) mass is 494 g/mol. The van der Waals surface area contributed by atoms with Gasteiger partial charge in [0.25, 0.3) is 0 Å². The summed E-state index contributed by atoms with van der Waals surface area (Å²) in [5, 5.41) is 25.7. The number of aliphatic hydroxyl groups is 1. The molecule has 1 heterocycles. The fraction of sp³-hybridized carbons (Fsp3) is 0.586. The zero-order chi connectivity index (χ0) is 25.4. The van der Waals surface area contributed by atoms with E-state index >= 15 is 0 Å². The number of aromatic nitrogens is 2. The average Bonchev–Trinajstić information content (AvgIpc) is 3.38. The first-order valence-corrected chi connectivity index (χ1v) is 13.3. The highest BCUT2D eigenvalue weighted by Crippen LogP contribution is 2.66. The van der Waals surface area contributed by atoms with Crippen LogP contribution in [0.25, 0.3) is 11.8 Å². The van der Waals surface area contributed by atoms with Gasteiger partial charge >= 0.3 is 5.97 Å². The minimum absolute atomic E-state index is 0.103. The van der Waals surface area contributed by atoms with E-state index in [0.29, 0.717) is 24.7 Å². The molecule has 1 aromatic carbocycles. The van der Waals surface area contributed by atoms with Gasteiger partial charge in [-0.1, -0.05) is 26.3 Å². The standard InChI is InChI=1S/C29H35FN2O4/c1-4-23-20-14-28(2)16(13-24(20)32(31-23)18-8-6-17(30)7-9-18)5-10-19-21-11-12-22(27(34)36-35)29(21,3)15-25(33)26(19)28/h6-9,13,19,21-22,25-26,33,35H,4-5,10-12,14-15H2,1-3H3/t19-,21-,22-,25-,26+,28-,29-/m0/s1. The van der Waals surface area contributed by atoms with Crippen LogP contribution in [0.5, 0.6) is 0 Å². The fourth-order valence-electron chi connectivity index (χ4n) is 8.84. The van der Waals surface area contributed by atoms with E-state index < -0.39 is 12.1 Å². The Morgan fingerprint density at radius 3 is 2.67 bits per heavy atom. The lowest BCUT2D eigenvalue weighted by Crippen LogP contribution is -2.57. The second kappa shape index (κ2) is 8.25. The maximum absolute atomic E-state index is 13.6. The zero-order valence-electron chi connectivity index (χ0n) is 21.2. The summed E-state index contributed by atoms with van der Waals surface area (Å²) in [6.45, 7) is 6.54. The van der Waals surface area contributed by atoms with Gasteiger partial charge < -0.3 is 9.99 Å². The third-order valence-electron chi connectivity index (χ3n) is 10.4. The molecule has 0 bridgehead atoms. The minimum Gasteiger partial charge on any atom is -0.393 e. The number of aliphatic hydroxyl groups excluding tert-OH is 1. The van der Waals surface area contributed by atoms with E-state index in [1.54, 1.807) is 12.1 Å². The topological polar surface area (TPSA) is 84.6 Å². The average molecular weight is 495 g/mol. The van der Waals surface area contributed by atoms with Crippen molar-refractivity contribution >= 4 is 12.0 Å². The number of fused-ring (bicyclic) bond motifs is 6. The van der Waals surface area contributed by atoms with E-state index in [-0.39, 0.29) is 28.5 Å². The maximum atomic E-state index is 13.6. The van der Waals surface area contributed by atoms with Crippen molar-refractivity contribution in [2.75, 3.05) is 0 Å². The van der Waals surface area contributed by atoms with E-state index in [1.165, 1.54) is 23.3 Å². The molecule has 0 spiro atoms. The number of hydrogen-bond donors (Lipinski definition) is 2. The lowest BCUT2D eigenvalue weighted by molar-refractivity contribution is -0.244. The Morgan fingerprint density at radius 2 is 1.97 bits per heavy atom. The molecule has 2 aromatic rings. The van der Waals surface area contributed by atoms with Crippen LogP contribution in [0.2, 0.25) is 0 Å². The molecule has 4 aliphatic rings. The molecule has 4 aliphatic carbocycles. The fourth-order valence-corrected chi connectivity index (χ4v) is 8.84. The zero-order valence-corrected chi connectivity index (χ0v) is 21.2. The number of allylic oxidation sites excluding steroid dienone is 1. The number of hydrogen-bond acceptors (Lipinski definition) is 5. The van der Waals surface area contributed by atoms with Crippen LogP contribution in [0.1, 0.15) is 69.8 Å². The molecule has 0 saturated heterocycles. The summed E-state index contributed by atoms with van der Waals surface area (Å²) in [6, 6.07) is 6.48. The number of halogens is 1. The van der Waals surface area contributed by atoms with E-state index in [2.05, 4.69) is 31.7 Å². The predicted octanol–water partition coefficient (Wildman–Crippen LogP) is 5.36. The molecule has 0 aliphatic heterocycles. The number of rotatable bonds is 3. The van der Waals surface area contributed by atoms with Crippen molar-refractivity contribution in [2.45, 2.75) is 71.8 Å². The van der Waals surface area contributed by atoms with E-state index in [1.807, 2.05) is 4.68 Å². The van der Waals surface area contributed by atoms with Gasteiger partial charge in [-0.15, -0.1) is 0 Å². The summed E-state index contributed by atoms with van der Waals surface area (Å²) in [5.41, 5.74) is 5.01. The molecular weight excluding hydrogens is 459 g/mol. The highest BCUT2D eigenvalue weighted by molar-refractivity contribution is 5.73. The number of nitrogens with zero attached hydrogens (tertiary/aromatic N) is 2. The molecule has 0 amide bonds. The van der Waals surface area contributed by atoms with Gasteiger partial charge in [0.2, 0.25) is 0 Å². The molecule has 2 N–H and O–H groups in total. The van der Waals surface area contributed by atoms with Crippen molar-refractivity contribution in [2.24, 2.45) is 34.5 Å². The Morgan fingerprint density at radius 1 is 1.22 bits per heavy atom. The molecule has 3 saturated carbocycles. The van der Waals surface area contributed by atoms with Crippen molar-refractivity contribution in [3.8, 4) is 5.69 Å². The number of carbonyl (C=O) groups excluding carboxylic acids is 1. The number of carbonyl (C=O) groups is 1. The van der Waals surface area contributed by atoms with Gasteiger partial charge in [0, 0.05) is 5.56 Å². The summed E-state index contributed by atoms with van der Waals surface area (Å²) in [7, 11) is 0. The Bertz CT molecular complexity index is 1240. The molecule has 7 atom stereocenters. The molecule has 7 heteroatoms. The summed E-state index contributed by atoms with van der Waals surface area (Å²) >= 11 is 0. The van der Waals surface area contributed by atoms with Gasteiger partial charge in [-0.2, -0.15) is 10.4 Å². The molecule has 36 heavy (non-hydrogen) atoms. The van der Waals surface area contributed by atoms with Crippen LogP contribution in [0.3, 0.4) is 0 Å². The molecule has 1 aromatic heterocycles. The quantitative estimate of drug-likeness (QED) is 0.443. The molecule has 3 fully saturated rings. The summed E-state index contributed by atoms with van der Waals surface area (Å²) in [6.07, 6.45) is 7.47. The van der Waals surface area contributed by atoms with Crippen LogP contribution in [0.15, 0.2) is 29.8 Å². The molecule has 6 nitrogen and oxygen atoms in total. The third-order valence-corrected chi connectivity index (χ3v) is 10.4. The van der Waals surface area contributed by atoms with Gasteiger partial charge in [0.05, 0.1) is 29.1 Å². The highest BCUT2D eigenvalue weighted by atomic mass is 19.1. The lowest BCUT2D eigenvalue weighted by Gasteiger charge is -2.59. The SMILES string of the molecule is CCc1nn(-c2ccc(F)cc2)c2c1C[C@@]1(C)C(=C2)CC[C@@H]2[C@@H]1[C@@H](O)C[C@]1(C)[C@H](C(=O)OO)CC[C@@H]21. The van der Waals surface area contributed by atoms with Crippen LogP contribution in [-0.2, 0) is 22.5 Å².